The van der Waals surface area contributed by atoms with E-state index in [4.69, 9.17) is 5.73 Å². The molecule has 0 aromatic carbocycles. The summed E-state index contributed by atoms with van der Waals surface area (Å²) in [5.41, 5.74) is 6.33. The molecule has 4 nitrogen and oxygen atoms in total. The molecule has 1 aromatic rings. The molecule has 0 amide bonds. The summed E-state index contributed by atoms with van der Waals surface area (Å²) < 4.78 is 22.2. The summed E-state index contributed by atoms with van der Waals surface area (Å²) in [4.78, 5) is 3.13. The predicted octanol–water partition coefficient (Wildman–Crippen LogP) is 0.535. The van der Waals surface area contributed by atoms with Crippen LogP contribution in [0.3, 0.4) is 0 Å². The van der Waals surface area contributed by atoms with Gasteiger partial charge in [-0.1, -0.05) is 11.8 Å². The SMILES string of the molecule is CN(CCS(C)(=O)=O)Cc1sccc1C#CCN. The summed E-state index contributed by atoms with van der Waals surface area (Å²) in [6.07, 6.45) is 1.25. The second kappa shape index (κ2) is 6.90. The zero-order chi connectivity index (χ0) is 13.6. The standard InChI is InChI=1S/C12H18N2O2S2/c1-14(7-9-18(2,15)16)10-12-11(4-3-6-13)5-8-17-12/h5,8H,6-7,9-10,13H2,1-2H3. The lowest BCUT2D eigenvalue weighted by Crippen LogP contribution is -2.24. The van der Waals surface area contributed by atoms with Crippen molar-refractivity contribution in [2.75, 3.05) is 32.1 Å². The predicted molar refractivity (Wildman–Crippen MR) is 76.3 cm³/mol. The van der Waals surface area contributed by atoms with E-state index < -0.39 is 9.84 Å². The monoisotopic (exact) mass is 286 g/mol. The maximum atomic E-state index is 11.1. The van der Waals surface area contributed by atoms with Crippen LogP contribution in [0, 0.1) is 11.8 Å². The normalized spacial score (nSPS) is 11.3. The van der Waals surface area contributed by atoms with Gasteiger partial charge in [0.15, 0.2) is 0 Å². The van der Waals surface area contributed by atoms with Crippen molar-refractivity contribution in [3.05, 3.63) is 21.9 Å². The lowest BCUT2D eigenvalue weighted by atomic mass is 10.2. The quantitative estimate of drug-likeness (QED) is 0.802. The van der Waals surface area contributed by atoms with Gasteiger partial charge in [-0.05, 0) is 18.5 Å². The lowest BCUT2D eigenvalue weighted by molar-refractivity contribution is 0.349. The largest absolute Gasteiger partial charge is 0.320 e. The Morgan fingerprint density at radius 3 is 2.83 bits per heavy atom. The summed E-state index contributed by atoms with van der Waals surface area (Å²) in [5, 5.41) is 1.99. The van der Waals surface area contributed by atoms with Crippen molar-refractivity contribution in [2.45, 2.75) is 6.54 Å². The van der Waals surface area contributed by atoms with Gasteiger partial charge in [0.05, 0.1) is 12.3 Å². The first-order chi connectivity index (χ1) is 8.42. The Balaban J connectivity index is 2.59. The summed E-state index contributed by atoms with van der Waals surface area (Å²) in [5.74, 6) is 6.03. The topological polar surface area (TPSA) is 63.4 Å². The van der Waals surface area contributed by atoms with Crippen LogP contribution >= 0.6 is 11.3 Å². The van der Waals surface area contributed by atoms with Gasteiger partial charge in [0.25, 0.3) is 0 Å². The van der Waals surface area contributed by atoms with Gasteiger partial charge in [-0.3, -0.25) is 0 Å². The van der Waals surface area contributed by atoms with E-state index in [0.29, 0.717) is 19.6 Å². The second-order valence-corrected chi connectivity index (χ2v) is 7.39. The molecule has 0 radical (unpaired) electrons. The van der Waals surface area contributed by atoms with Crippen molar-refractivity contribution in [1.82, 2.24) is 4.90 Å². The van der Waals surface area contributed by atoms with E-state index >= 15 is 0 Å². The highest BCUT2D eigenvalue weighted by atomic mass is 32.2. The van der Waals surface area contributed by atoms with Crippen molar-refractivity contribution in [3.8, 4) is 11.8 Å². The zero-order valence-corrected chi connectivity index (χ0v) is 12.3. The van der Waals surface area contributed by atoms with Gasteiger partial charge in [0, 0.05) is 29.8 Å². The van der Waals surface area contributed by atoms with Crippen LogP contribution in [0.1, 0.15) is 10.4 Å². The summed E-state index contributed by atoms with van der Waals surface area (Å²) in [6.45, 7) is 1.58. The van der Waals surface area contributed by atoms with Crippen molar-refractivity contribution < 1.29 is 8.42 Å². The minimum Gasteiger partial charge on any atom is -0.320 e. The van der Waals surface area contributed by atoms with Crippen molar-refractivity contribution in [2.24, 2.45) is 5.73 Å². The van der Waals surface area contributed by atoms with E-state index in [-0.39, 0.29) is 5.75 Å². The Morgan fingerprint density at radius 1 is 1.50 bits per heavy atom. The minimum absolute atomic E-state index is 0.179. The van der Waals surface area contributed by atoms with Gasteiger partial charge in [-0.25, -0.2) is 8.42 Å². The first-order valence-electron chi connectivity index (χ1n) is 5.54. The van der Waals surface area contributed by atoms with Crippen LogP contribution in [0.15, 0.2) is 11.4 Å². The minimum atomic E-state index is -2.91. The van der Waals surface area contributed by atoms with Gasteiger partial charge >= 0.3 is 0 Å². The number of nitrogens with zero attached hydrogens (tertiary/aromatic N) is 1. The highest BCUT2D eigenvalue weighted by Gasteiger charge is 2.09. The van der Waals surface area contributed by atoms with Crippen LogP contribution in [0.25, 0.3) is 0 Å². The van der Waals surface area contributed by atoms with Crippen LogP contribution in [0.2, 0.25) is 0 Å². The molecule has 0 saturated heterocycles. The Labute approximate surface area is 113 Å². The molecule has 0 aliphatic rings. The first kappa shape index (κ1) is 15.2. The maximum absolute atomic E-state index is 11.1. The first-order valence-corrected chi connectivity index (χ1v) is 8.48. The fourth-order valence-electron chi connectivity index (χ4n) is 1.37. The van der Waals surface area contributed by atoms with E-state index in [1.165, 1.54) is 6.26 Å². The van der Waals surface area contributed by atoms with Gasteiger partial charge in [-0.15, -0.1) is 11.3 Å². The third-order valence-corrected chi connectivity index (χ3v) is 4.16. The molecule has 18 heavy (non-hydrogen) atoms. The summed E-state index contributed by atoms with van der Waals surface area (Å²) >= 11 is 1.63. The average molecular weight is 286 g/mol. The molecule has 100 valence electrons. The van der Waals surface area contributed by atoms with E-state index in [9.17, 15) is 8.42 Å². The second-order valence-electron chi connectivity index (χ2n) is 4.13. The van der Waals surface area contributed by atoms with E-state index in [1.54, 1.807) is 11.3 Å². The van der Waals surface area contributed by atoms with Gasteiger partial charge in [0.1, 0.15) is 9.84 Å². The Hall–Kier alpha value is -0.870. The van der Waals surface area contributed by atoms with Crippen molar-refractivity contribution >= 4 is 21.2 Å². The number of hydrogen-bond donors (Lipinski definition) is 1. The highest BCUT2D eigenvalue weighted by Crippen LogP contribution is 2.17. The van der Waals surface area contributed by atoms with Crippen LogP contribution in [-0.2, 0) is 16.4 Å². The highest BCUT2D eigenvalue weighted by molar-refractivity contribution is 7.90. The molecular weight excluding hydrogens is 268 g/mol. The number of nitrogens with two attached hydrogens (primary N) is 1. The molecule has 0 bridgehead atoms. The van der Waals surface area contributed by atoms with Crippen LogP contribution in [0.4, 0.5) is 0 Å². The Morgan fingerprint density at radius 2 is 2.22 bits per heavy atom. The maximum Gasteiger partial charge on any atom is 0.148 e. The smallest absolute Gasteiger partial charge is 0.148 e. The fourth-order valence-corrected chi connectivity index (χ4v) is 2.92. The van der Waals surface area contributed by atoms with E-state index in [2.05, 4.69) is 11.8 Å². The zero-order valence-electron chi connectivity index (χ0n) is 10.6. The number of sulfone groups is 1. The molecular formula is C12H18N2O2S2. The van der Waals surface area contributed by atoms with Crippen LogP contribution in [0.5, 0.6) is 0 Å². The molecule has 0 fully saturated rings. The third kappa shape index (κ3) is 5.65. The van der Waals surface area contributed by atoms with E-state index in [1.807, 2.05) is 23.4 Å². The molecule has 6 heteroatoms. The molecule has 0 spiro atoms. The Kier molecular flexibility index (Phi) is 5.82. The lowest BCUT2D eigenvalue weighted by Gasteiger charge is -2.15. The van der Waals surface area contributed by atoms with Crippen molar-refractivity contribution in [1.29, 1.82) is 0 Å². The van der Waals surface area contributed by atoms with Gasteiger partial charge in [-0.2, -0.15) is 0 Å². The summed E-state index contributed by atoms with van der Waals surface area (Å²) in [6, 6.07) is 1.97. The summed E-state index contributed by atoms with van der Waals surface area (Å²) in [7, 11) is -0.997. The number of rotatable bonds is 5. The Bertz CT molecular complexity index is 538. The molecule has 1 heterocycles. The third-order valence-electron chi connectivity index (χ3n) is 2.33. The van der Waals surface area contributed by atoms with E-state index in [0.717, 1.165) is 10.4 Å². The average Bonchev–Trinajstić information content (AvgIpc) is 2.70. The van der Waals surface area contributed by atoms with Crippen molar-refractivity contribution in [3.63, 3.8) is 0 Å². The molecule has 0 atom stereocenters. The molecule has 0 aliphatic carbocycles. The molecule has 1 aromatic heterocycles. The molecule has 0 aliphatic heterocycles. The molecule has 2 N–H and O–H groups in total. The van der Waals surface area contributed by atoms with Crippen LogP contribution in [-0.4, -0.2) is 45.5 Å². The fraction of sp³-hybridized carbons (Fsp3) is 0.500. The van der Waals surface area contributed by atoms with Gasteiger partial charge < -0.3 is 10.6 Å². The molecule has 0 unspecified atom stereocenters. The van der Waals surface area contributed by atoms with Crippen LogP contribution < -0.4 is 5.73 Å². The molecule has 1 rings (SSSR count). The molecule has 0 saturated carbocycles. The number of thiophene rings is 1. The number of hydrogen-bond acceptors (Lipinski definition) is 5. The van der Waals surface area contributed by atoms with Gasteiger partial charge in [0.2, 0.25) is 0 Å².